The highest BCUT2D eigenvalue weighted by molar-refractivity contribution is 5.96. The van der Waals surface area contributed by atoms with Gasteiger partial charge in [0.15, 0.2) is 0 Å². The Morgan fingerprint density at radius 2 is 1.66 bits per heavy atom. The molecule has 14 nitrogen and oxygen atoms in total. The van der Waals surface area contributed by atoms with E-state index in [9.17, 15) is 29.4 Å². The molecule has 5 aromatic rings. The number of rotatable bonds is 18. The van der Waals surface area contributed by atoms with Crippen molar-refractivity contribution in [3.8, 4) is 11.5 Å². The van der Waals surface area contributed by atoms with E-state index < -0.39 is 36.2 Å². The summed E-state index contributed by atoms with van der Waals surface area (Å²) in [6.45, 7) is 5.71. The number of nitrogens with one attached hydrogen (secondary N) is 4. The molecule has 4 heterocycles. The molecule has 6 N–H and O–H groups in total. The summed E-state index contributed by atoms with van der Waals surface area (Å²) in [6, 6.07) is 29.0. The van der Waals surface area contributed by atoms with E-state index in [0.717, 1.165) is 49.2 Å². The van der Waals surface area contributed by atoms with Crippen molar-refractivity contribution >= 4 is 28.9 Å². The first kappa shape index (κ1) is 42.9. The number of H-pyrrole nitrogens is 1. The van der Waals surface area contributed by atoms with Crippen molar-refractivity contribution in [3.63, 3.8) is 0 Å². The lowest BCUT2D eigenvalue weighted by atomic mass is 9.86. The minimum atomic E-state index is -0.870. The zero-order valence-electron chi connectivity index (χ0n) is 34.2. The van der Waals surface area contributed by atoms with Crippen LogP contribution in [0.5, 0.6) is 11.5 Å². The van der Waals surface area contributed by atoms with Crippen LogP contribution in [0.1, 0.15) is 77.4 Å². The lowest BCUT2D eigenvalue weighted by Crippen LogP contribution is -2.52. The first-order chi connectivity index (χ1) is 29.6. The monoisotopic (exact) mass is 831 g/mol. The Morgan fingerprint density at radius 3 is 2.41 bits per heavy atom. The number of ether oxygens (including phenoxy) is 3. The number of hydrogen-bond donors (Lipinski definition) is 6. The van der Waals surface area contributed by atoms with Gasteiger partial charge < -0.3 is 45.4 Å². The number of carbonyl (C=O) groups excluding carboxylic acids is 3. The van der Waals surface area contributed by atoms with E-state index in [1.54, 1.807) is 43.3 Å². The molecular formula is C47H53N5O9. The number of amides is 2. The molecule has 0 aliphatic carbocycles. The van der Waals surface area contributed by atoms with Crippen molar-refractivity contribution < 1.29 is 38.8 Å². The Hall–Kier alpha value is -6.22. The number of aromatic nitrogens is 1. The van der Waals surface area contributed by atoms with Gasteiger partial charge in [-0.1, -0.05) is 60.7 Å². The van der Waals surface area contributed by atoms with Crippen molar-refractivity contribution in [2.75, 3.05) is 39.3 Å². The molecule has 3 fully saturated rings. The summed E-state index contributed by atoms with van der Waals surface area (Å²) in [4.78, 5) is 55.4. The molecule has 0 spiro atoms. The third-order valence-corrected chi connectivity index (χ3v) is 11.4. The van der Waals surface area contributed by atoms with Crippen LogP contribution >= 0.6 is 0 Å². The van der Waals surface area contributed by atoms with Crippen LogP contribution in [0.2, 0.25) is 0 Å². The molecule has 2 bridgehead atoms. The van der Waals surface area contributed by atoms with Crippen molar-refractivity contribution in [3.05, 3.63) is 141 Å². The van der Waals surface area contributed by atoms with Gasteiger partial charge in [0.25, 0.3) is 5.91 Å². The maximum absolute atomic E-state index is 13.2. The summed E-state index contributed by atoms with van der Waals surface area (Å²) in [7, 11) is 0. The van der Waals surface area contributed by atoms with Crippen LogP contribution in [0.15, 0.2) is 108 Å². The molecule has 3 aliphatic heterocycles. The molecule has 8 rings (SSSR count). The first-order valence-electron chi connectivity index (χ1n) is 20.9. The van der Waals surface area contributed by atoms with Crippen LogP contribution in [-0.2, 0) is 20.9 Å². The van der Waals surface area contributed by atoms with Crippen molar-refractivity contribution in [2.45, 2.75) is 63.5 Å². The number of aliphatic hydroxyl groups excluding tert-OH is 1. The normalized spacial score (nSPS) is 18.4. The van der Waals surface area contributed by atoms with Gasteiger partial charge in [-0.3, -0.25) is 14.5 Å². The summed E-state index contributed by atoms with van der Waals surface area (Å²) < 4.78 is 17.5. The van der Waals surface area contributed by atoms with E-state index in [1.807, 2.05) is 54.6 Å². The number of phenols is 1. The number of carbonyl (C=O) groups is 3. The fourth-order valence-corrected chi connectivity index (χ4v) is 7.93. The van der Waals surface area contributed by atoms with E-state index in [-0.39, 0.29) is 42.7 Å². The van der Waals surface area contributed by atoms with Gasteiger partial charge in [0.1, 0.15) is 30.3 Å². The van der Waals surface area contributed by atoms with E-state index in [0.29, 0.717) is 47.6 Å². The van der Waals surface area contributed by atoms with Gasteiger partial charge in [-0.15, -0.1) is 0 Å². The topological polar surface area (TPSA) is 192 Å². The number of aromatic amines is 1. The highest BCUT2D eigenvalue weighted by atomic mass is 16.6. The Balaban J connectivity index is 0.822. The van der Waals surface area contributed by atoms with Crippen LogP contribution in [0.25, 0.3) is 10.9 Å². The summed E-state index contributed by atoms with van der Waals surface area (Å²) in [5.74, 6) is 0.00170. The number of aromatic hydroxyl groups is 1. The summed E-state index contributed by atoms with van der Waals surface area (Å²) in [5, 5.41) is 30.3. The predicted octanol–water partition coefficient (Wildman–Crippen LogP) is 5.49. The molecule has 2 amide bonds. The summed E-state index contributed by atoms with van der Waals surface area (Å²) in [6.07, 6.45) is 1.95. The van der Waals surface area contributed by atoms with Crippen LogP contribution in [0.3, 0.4) is 0 Å². The third kappa shape index (κ3) is 11.3. The maximum atomic E-state index is 13.2. The number of alkyl carbamates (subject to hydrolysis) is 1. The third-order valence-electron chi connectivity index (χ3n) is 11.4. The molecule has 61 heavy (non-hydrogen) atoms. The number of fused-ring (bicyclic) bond motifs is 4. The Bertz CT molecular complexity index is 2330. The smallest absolute Gasteiger partial charge is 0.408 e. The fraction of sp³-hybridized carbons (Fsp3) is 0.362. The SMILES string of the molecule is C[C@H](NC(=O)c1ccc(COc2cccc([C@@H](NC(=O)OC3CN4CCC3CC4)c3ccccc3)c2)cc1)C(=O)OCCCCNC[C@H](O)c1ccc(O)c2[nH]c(=O)ccc12. The van der Waals surface area contributed by atoms with Gasteiger partial charge in [-0.05, 0) is 117 Å². The largest absolute Gasteiger partial charge is 0.506 e. The highest BCUT2D eigenvalue weighted by Gasteiger charge is 2.37. The van der Waals surface area contributed by atoms with Gasteiger partial charge >= 0.3 is 12.1 Å². The average Bonchev–Trinajstić information content (AvgIpc) is 3.28. The van der Waals surface area contributed by atoms with Gasteiger partial charge in [-0.2, -0.15) is 0 Å². The number of hydrogen-bond acceptors (Lipinski definition) is 11. The molecule has 0 saturated carbocycles. The second kappa shape index (κ2) is 20.4. The van der Waals surface area contributed by atoms with Crippen molar-refractivity contribution in [2.24, 2.45) is 5.92 Å². The van der Waals surface area contributed by atoms with Crippen molar-refractivity contribution in [1.29, 1.82) is 0 Å². The minimum absolute atomic E-state index is 0.0702. The average molecular weight is 832 g/mol. The zero-order chi connectivity index (χ0) is 42.7. The number of aliphatic hydroxyl groups is 1. The molecule has 0 radical (unpaired) electrons. The fourth-order valence-electron chi connectivity index (χ4n) is 7.93. The lowest BCUT2D eigenvalue weighted by molar-refractivity contribution is -0.145. The Labute approximate surface area is 354 Å². The Kier molecular flexibility index (Phi) is 14.3. The quantitative estimate of drug-likeness (QED) is 0.0484. The molecule has 320 valence electrons. The van der Waals surface area contributed by atoms with E-state index >= 15 is 0 Å². The second-order valence-corrected chi connectivity index (χ2v) is 15.7. The lowest BCUT2D eigenvalue weighted by Gasteiger charge is -2.43. The summed E-state index contributed by atoms with van der Waals surface area (Å²) >= 11 is 0. The standard InChI is InChI=1S/C47H53N5O9/c1-30(46(57)59-25-6-5-22-48-27-40(54)37-16-18-39(53)44-38(37)17-19-42(55)50-44)49-45(56)34-14-12-31(13-15-34)29-60-36-11-7-10-35(26-36)43(33-8-3-2-4-9-33)51-47(58)61-41-28-52-23-20-32(41)21-24-52/h2-4,7-19,26,30,32,40-41,43,48,53-54H,5-6,20-25,27-29H2,1H3,(H,49,56)(H,50,55)(H,51,58)/t30-,40-,41?,43-/m0/s1. The molecule has 1 aromatic heterocycles. The van der Waals surface area contributed by atoms with Gasteiger partial charge in [0, 0.05) is 30.1 Å². The minimum Gasteiger partial charge on any atom is -0.506 e. The molecule has 3 saturated heterocycles. The molecule has 1 unspecified atom stereocenters. The number of phenolic OH excluding ortho intramolecular Hbond substituents is 1. The maximum Gasteiger partial charge on any atom is 0.408 e. The molecule has 4 atom stereocenters. The van der Waals surface area contributed by atoms with E-state index in [1.165, 1.54) is 12.1 Å². The number of benzene rings is 4. The number of piperidine rings is 3. The van der Waals surface area contributed by atoms with Crippen LogP contribution in [-0.4, -0.2) is 89.5 Å². The van der Waals surface area contributed by atoms with Gasteiger partial charge in [0.05, 0.1) is 24.3 Å². The Morgan fingerprint density at radius 1 is 0.885 bits per heavy atom. The van der Waals surface area contributed by atoms with Crippen LogP contribution in [0.4, 0.5) is 4.79 Å². The molecule has 14 heteroatoms. The number of unbranched alkanes of at least 4 members (excludes halogenated alkanes) is 1. The van der Waals surface area contributed by atoms with E-state index in [4.69, 9.17) is 14.2 Å². The van der Waals surface area contributed by atoms with Crippen LogP contribution in [0, 0.1) is 5.92 Å². The second-order valence-electron chi connectivity index (χ2n) is 15.7. The molecule has 4 aromatic carbocycles. The van der Waals surface area contributed by atoms with Crippen molar-refractivity contribution in [1.82, 2.24) is 25.8 Å². The number of nitrogens with zero attached hydrogens (tertiary/aromatic N) is 1. The van der Waals surface area contributed by atoms with Crippen LogP contribution < -0.4 is 26.2 Å². The summed E-state index contributed by atoms with van der Waals surface area (Å²) in [5.41, 5.74) is 3.49. The molecular weight excluding hydrogens is 779 g/mol. The van der Waals surface area contributed by atoms with Gasteiger partial charge in [0.2, 0.25) is 5.56 Å². The van der Waals surface area contributed by atoms with E-state index in [2.05, 4.69) is 25.8 Å². The molecule has 3 aliphatic rings. The number of pyridine rings is 1. The predicted molar refractivity (Wildman–Crippen MR) is 229 cm³/mol. The first-order valence-corrected chi connectivity index (χ1v) is 20.9. The highest BCUT2D eigenvalue weighted by Crippen LogP contribution is 2.31. The van der Waals surface area contributed by atoms with Gasteiger partial charge in [-0.25, -0.2) is 9.59 Å². The number of esters is 1. The zero-order valence-corrected chi connectivity index (χ0v) is 34.2.